The quantitative estimate of drug-likeness (QED) is 0.307. The molecule has 2 rings (SSSR count). The Bertz CT molecular complexity index is 1160. The molecule has 0 bridgehead atoms. The number of rotatable bonds is 10. The lowest BCUT2D eigenvalue weighted by atomic mass is 9.94. The van der Waals surface area contributed by atoms with Gasteiger partial charge in [0.25, 0.3) is 5.91 Å². The van der Waals surface area contributed by atoms with Crippen molar-refractivity contribution in [2.45, 2.75) is 85.9 Å². The maximum absolute atomic E-state index is 14.2. The number of alkyl carbamates (subject to hydrolysis) is 1. The molecule has 0 aliphatic rings. The second-order valence-electron chi connectivity index (χ2n) is 10.9. The van der Waals surface area contributed by atoms with Gasteiger partial charge in [-0.05, 0) is 64.2 Å². The molecule has 0 radical (unpaired) electrons. The summed E-state index contributed by atoms with van der Waals surface area (Å²) in [5.41, 5.74) is 1.27. The van der Waals surface area contributed by atoms with Gasteiger partial charge in [-0.2, -0.15) is 0 Å². The van der Waals surface area contributed by atoms with E-state index in [9.17, 15) is 19.5 Å². The Hall–Kier alpha value is -3.26. The summed E-state index contributed by atoms with van der Waals surface area (Å²) in [6.45, 7) is 14.6. The highest BCUT2D eigenvalue weighted by atomic mass is 35.5. The van der Waals surface area contributed by atoms with Crippen molar-refractivity contribution in [2.24, 2.45) is 5.92 Å². The first-order chi connectivity index (χ1) is 18.2. The van der Waals surface area contributed by atoms with Crippen LogP contribution in [-0.4, -0.2) is 46.1 Å². The molecular formula is C30H42ClN3O5. The van der Waals surface area contributed by atoms with E-state index in [2.05, 4.69) is 10.6 Å². The number of para-hydroxylation sites is 2. The number of aryl methyl sites for hydroxylation is 2. The predicted octanol–water partition coefficient (Wildman–Crippen LogP) is 6.52. The maximum atomic E-state index is 14.2. The van der Waals surface area contributed by atoms with Crippen molar-refractivity contribution >= 4 is 35.2 Å². The van der Waals surface area contributed by atoms with E-state index in [1.807, 2.05) is 33.8 Å². The number of nitrogens with one attached hydrogen (secondary N) is 2. The first-order valence-corrected chi connectivity index (χ1v) is 13.7. The highest BCUT2D eigenvalue weighted by Crippen LogP contribution is 2.35. The van der Waals surface area contributed by atoms with Crippen molar-refractivity contribution in [2.75, 3.05) is 11.9 Å². The Morgan fingerprint density at radius 2 is 1.67 bits per heavy atom. The lowest BCUT2D eigenvalue weighted by molar-refractivity contribution is -0.142. The summed E-state index contributed by atoms with van der Waals surface area (Å²) in [4.78, 5) is 42.3. The molecule has 0 aliphatic carbocycles. The molecule has 2 aromatic carbocycles. The lowest BCUT2D eigenvalue weighted by Gasteiger charge is -2.36. The van der Waals surface area contributed by atoms with Crippen molar-refractivity contribution in [1.82, 2.24) is 10.2 Å². The van der Waals surface area contributed by atoms with Crippen molar-refractivity contribution in [3.63, 3.8) is 0 Å². The van der Waals surface area contributed by atoms with Crippen LogP contribution in [0.5, 0.6) is 5.75 Å². The van der Waals surface area contributed by atoms with Gasteiger partial charge in [0.1, 0.15) is 23.4 Å². The molecule has 214 valence electrons. The summed E-state index contributed by atoms with van der Waals surface area (Å²) in [5.74, 6) is -1.32. The smallest absolute Gasteiger partial charge is 0.408 e. The van der Waals surface area contributed by atoms with Gasteiger partial charge >= 0.3 is 6.09 Å². The molecule has 3 N–H and O–H groups in total. The fourth-order valence-corrected chi connectivity index (χ4v) is 4.51. The van der Waals surface area contributed by atoms with Crippen molar-refractivity contribution < 1.29 is 24.2 Å². The third-order valence-corrected chi connectivity index (χ3v) is 6.81. The van der Waals surface area contributed by atoms with E-state index in [1.165, 1.54) is 4.90 Å². The largest absolute Gasteiger partial charge is 0.507 e. The monoisotopic (exact) mass is 559 g/mol. The summed E-state index contributed by atoms with van der Waals surface area (Å²) in [5, 5.41) is 17.0. The van der Waals surface area contributed by atoms with E-state index < -0.39 is 35.6 Å². The molecule has 8 nitrogen and oxygen atoms in total. The summed E-state index contributed by atoms with van der Waals surface area (Å²) < 4.78 is 5.43. The van der Waals surface area contributed by atoms with Crippen molar-refractivity contribution in [3.05, 3.63) is 58.1 Å². The van der Waals surface area contributed by atoms with Gasteiger partial charge in [-0.15, -0.1) is 0 Å². The van der Waals surface area contributed by atoms with Crippen molar-refractivity contribution in [1.29, 1.82) is 0 Å². The van der Waals surface area contributed by atoms with Crippen LogP contribution in [0.15, 0.2) is 36.4 Å². The molecule has 2 aromatic rings. The Balaban J connectivity index is 2.62. The average Bonchev–Trinajstić information content (AvgIpc) is 2.85. The van der Waals surface area contributed by atoms with E-state index in [1.54, 1.807) is 58.0 Å². The zero-order valence-electron chi connectivity index (χ0n) is 24.2. The molecule has 0 heterocycles. The molecule has 0 aliphatic heterocycles. The van der Waals surface area contributed by atoms with Crippen molar-refractivity contribution in [3.8, 4) is 5.75 Å². The highest BCUT2D eigenvalue weighted by molar-refractivity contribution is 6.34. The average molecular weight is 560 g/mol. The molecular weight excluding hydrogens is 518 g/mol. The summed E-state index contributed by atoms with van der Waals surface area (Å²) in [6.07, 6.45) is 0.411. The standard InChI is InChI=1S/C30H42ClN3O5/c1-9-17-34(28(37)24(18(3)10-2)33-29(38)39-30(6,7)8)25(21-15-11-14-20(5)26(21)35)27(36)32-23-19(4)13-12-16-22(23)31/h11-16,18,24-25,35H,9-10,17H2,1-8H3,(H,32,36)(H,33,38). The van der Waals surface area contributed by atoms with Crippen LogP contribution in [0.25, 0.3) is 0 Å². The first-order valence-electron chi connectivity index (χ1n) is 13.4. The number of phenols is 1. The van der Waals surface area contributed by atoms with Gasteiger partial charge in [-0.3, -0.25) is 9.59 Å². The van der Waals surface area contributed by atoms with Crippen LogP contribution in [-0.2, 0) is 14.3 Å². The van der Waals surface area contributed by atoms with E-state index in [0.29, 0.717) is 29.1 Å². The summed E-state index contributed by atoms with van der Waals surface area (Å²) >= 11 is 6.40. The summed E-state index contributed by atoms with van der Waals surface area (Å²) in [6, 6.07) is 8.20. The number of nitrogens with zero attached hydrogens (tertiary/aromatic N) is 1. The number of aromatic hydroxyl groups is 1. The number of hydrogen-bond acceptors (Lipinski definition) is 5. The topological polar surface area (TPSA) is 108 Å². The molecule has 3 unspecified atom stereocenters. The highest BCUT2D eigenvalue weighted by Gasteiger charge is 2.39. The fourth-order valence-electron chi connectivity index (χ4n) is 4.24. The second kappa shape index (κ2) is 13.7. The lowest BCUT2D eigenvalue weighted by Crippen LogP contribution is -2.55. The molecule has 3 atom stereocenters. The minimum atomic E-state index is -1.19. The predicted molar refractivity (Wildman–Crippen MR) is 155 cm³/mol. The van der Waals surface area contributed by atoms with Gasteiger partial charge in [0.2, 0.25) is 5.91 Å². The van der Waals surface area contributed by atoms with Crippen LogP contribution in [0.4, 0.5) is 10.5 Å². The van der Waals surface area contributed by atoms with E-state index in [4.69, 9.17) is 16.3 Å². The summed E-state index contributed by atoms with van der Waals surface area (Å²) in [7, 11) is 0. The SMILES string of the molecule is CCCN(C(=O)C(NC(=O)OC(C)(C)C)C(C)CC)C(C(=O)Nc1c(C)cccc1Cl)c1cccc(C)c1O. The molecule has 0 saturated carbocycles. The number of ether oxygens (including phenoxy) is 1. The minimum absolute atomic E-state index is 0.0809. The Morgan fingerprint density at radius 3 is 2.23 bits per heavy atom. The van der Waals surface area contributed by atoms with Gasteiger partial charge in [0.15, 0.2) is 0 Å². The zero-order chi connectivity index (χ0) is 29.5. The molecule has 0 aromatic heterocycles. The van der Waals surface area contributed by atoms with Gasteiger partial charge in [-0.25, -0.2) is 4.79 Å². The van der Waals surface area contributed by atoms with E-state index in [-0.39, 0.29) is 23.8 Å². The van der Waals surface area contributed by atoms with Gasteiger partial charge in [0, 0.05) is 12.1 Å². The number of halogens is 1. The molecule has 0 spiro atoms. The molecule has 39 heavy (non-hydrogen) atoms. The fraction of sp³-hybridized carbons (Fsp3) is 0.500. The number of benzene rings is 2. The number of anilines is 1. The number of phenolic OH excluding ortho intramolecular Hbond substituents is 1. The van der Waals surface area contributed by atoms with E-state index >= 15 is 0 Å². The van der Waals surface area contributed by atoms with Crippen LogP contribution in [0.1, 0.15) is 77.1 Å². The minimum Gasteiger partial charge on any atom is -0.507 e. The van der Waals surface area contributed by atoms with Gasteiger partial charge < -0.3 is 25.4 Å². The zero-order valence-corrected chi connectivity index (χ0v) is 25.0. The number of amides is 3. The molecule has 0 fully saturated rings. The van der Waals surface area contributed by atoms with Crippen LogP contribution in [0, 0.1) is 19.8 Å². The van der Waals surface area contributed by atoms with E-state index in [0.717, 1.165) is 5.56 Å². The van der Waals surface area contributed by atoms with Crippen LogP contribution >= 0.6 is 11.6 Å². The number of carbonyl (C=O) groups is 3. The third kappa shape index (κ3) is 8.36. The van der Waals surface area contributed by atoms with Gasteiger partial charge in [0.05, 0.1) is 10.7 Å². The number of hydrogen-bond donors (Lipinski definition) is 3. The van der Waals surface area contributed by atoms with Crippen LogP contribution in [0.3, 0.4) is 0 Å². The molecule has 3 amide bonds. The van der Waals surface area contributed by atoms with Gasteiger partial charge in [-0.1, -0.05) is 69.1 Å². The Labute approximate surface area is 237 Å². The second-order valence-corrected chi connectivity index (χ2v) is 11.3. The molecule has 9 heteroatoms. The Kier molecular flexibility index (Phi) is 11.2. The molecule has 0 saturated heterocycles. The number of carbonyl (C=O) groups excluding carboxylic acids is 3. The normalized spacial score (nSPS) is 13.7. The first kappa shape index (κ1) is 32.0. The van der Waals surface area contributed by atoms with Crippen LogP contribution in [0.2, 0.25) is 5.02 Å². The third-order valence-electron chi connectivity index (χ3n) is 6.49. The Morgan fingerprint density at radius 1 is 1.05 bits per heavy atom. The van der Waals surface area contributed by atoms with Crippen LogP contribution < -0.4 is 10.6 Å². The maximum Gasteiger partial charge on any atom is 0.408 e.